The minimum absolute atomic E-state index is 0.0674. The third kappa shape index (κ3) is 2.66. The van der Waals surface area contributed by atoms with Crippen LogP contribution in [0, 0.1) is 11.6 Å². The monoisotopic (exact) mass is 244 g/mol. The fourth-order valence-corrected chi connectivity index (χ4v) is 1.38. The Hall–Kier alpha value is -1.23. The second-order valence-electron chi connectivity index (χ2n) is 3.61. The number of nitrogens with one attached hydrogen (secondary N) is 1. The first-order valence-corrected chi connectivity index (χ1v) is 5.42. The number of nitrogens with two attached hydrogens (primary N) is 1. The Morgan fingerprint density at radius 2 is 2.06 bits per heavy atom. The summed E-state index contributed by atoms with van der Waals surface area (Å²) in [7, 11) is 0. The highest BCUT2D eigenvalue weighted by atomic mass is 32.1. The van der Waals surface area contributed by atoms with Crippen molar-refractivity contribution < 1.29 is 8.78 Å². The second-order valence-corrected chi connectivity index (χ2v) is 4.05. The summed E-state index contributed by atoms with van der Waals surface area (Å²) in [5.74, 6) is -1.94. The highest BCUT2D eigenvalue weighted by Gasteiger charge is 2.15. The number of halogens is 2. The van der Waals surface area contributed by atoms with E-state index in [-0.39, 0.29) is 22.3 Å². The van der Waals surface area contributed by atoms with Gasteiger partial charge >= 0.3 is 0 Å². The van der Waals surface area contributed by atoms with Crippen LogP contribution >= 0.6 is 12.2 Å². The van der Waals surface area contributed by atoms with E-state index in [1.54, 1.807) is 0 Å². The first kappa shape index (κ1) is 12.8. The number of hydrogen-bond donors (Lipinski definition) is 2. The zero-order valence-corrected chi connectivity index (χ0v) is 10.00. The molecule has 1 atom stereocenters. The Kier molecular flexibility index (Phi) is 4.18. The van der Waals surface area contributed by atoms with E-state index in [1.165, 1.54) is 12.1 Å². The van der Waals surface area contributed by atoms with Crippen molar-refractivity contribution >= 4 is 22.9 Å². The van der Waals surface area contributed by atoms with Crippen LogP contribution in [0.25, 0.3) is 0 Å². The Labute approximate surface area is 98.8 Å². The molecule has 5 heteroatoms. The van der Waals surface area contributed by atoms with Crippen molar-refractivity contribution in [3.63, 3.8) is 0 Å². The summed E-state index contributed by atoms with van der Waals surface area (Å²) in [5, 5.41) is 2.87. The Bertz CT molecular complexity index is 407. The normalized spacial score (nSPS) is 12.2. The molecule has 0 aliphatic carbocycles. The van der Waals surface area contributed by atoms with Gasteiger partial charge in [0.15, 0.2) is 11.6 Å². The highest BCUT2D eigenvalue weighted by molar-refractivity contribution is 7.80. The molecule has 0 aliphatic heterocycles. The smallest absolute Gasteiger partial charge is 0.182 e. The van der Waals surface area contributed by atoms with Crippen LogP contribution in [0.5, 0.6) is 0 Å². The Balaban J connectivity index is 3.07. The summed E-state index contributed by atoms with van der Waals surface area (Å²) in [5.41, 5.74) is 5.33. The molecule has 0 aromatic heterocycles. The van der Waals surface area contributed by atoms with Crippen LogP contribution in [-0.4, -0.2) is 11.0 Å². The van der Waals surface area contributed by atoms with Crippen molar-refractivity contribution in [2.75, 3.05) is 5.32 Å². The molecule has 1 unspecified atom stereocenters. The van der Waals surface area contributed by atoms with E-state index in [1.807, 2.05) is 13.8 Å². The van der Waals surface area contributed by atoms with Crippen LogP contribution in [0.3, 0.4) is 0 Å². The van der Waals surface area contributed by atoms with Crippen molar-refractivity contribution in [3.8, 4) is 0 Å². The summed E-state index contributed by atoms with van der Waals surface area (Å²) in [4.78, 5) is -0.147. The highest BCUT2D eigenvalue weighted by Crippen LogP contribution is 2.21. The molecule has 0 heterocycles. The molecule has 0 fully saturated rings. The lowest BCUT2D eigenvalue weighted by molar-refractivity contribution is 0.508. The van der Waals surface area contributed by atoms with E-state index < -0.39 is 11.6 Å². The molecule has 16 heavy (non-hydrogen) atoms. The second kappa shape index (κ2) is 5.21. The van der Waals surface area contributed by atoms with Gasteiger partial charge in [-0.3, -0.25) is 0 Å². The van der Waals surface area contributed by atoms with Gasteiger partial charge in [0.1, 0.15) is 4.99 Å². The lowest BCUT2D eigenvalue weighted by atomic mass is 10.1. The van der Waals surface area contributed by atoms with Crippen LogP contribution in [0.4, 0.5) is 14.5 Å². The lowest BCUT2D eigenvalue weighted by Gasteiger charge is -2.14. The SMILES string of the molecule is CCC(C)Nc1ccc(C(N)=S)c(F)c1F. The van der Waals surface area contributed by atoms with Gasteiger partial charge in [0.05, 0.1) is 5.69 Å². The van der Waals surface area contributed by atoms with Gasteiger partial charge in [0, 0.05) is 11.6 Å². The quantitative estimate of drug-likeness (QED) is 0.800. The number of thiocarbonyl (C=S) groups is 1. The van der Waals surface area contributed by atoms with Gasteiger partial charge in [0.2, 0.25) is 0 Å². The molecule has 0 saturated carbocycles. The number of anilines is 1. The van der Waals surface area contributed by atoms with E-state index in [2.05, 4.69) is 17.5 Å². The summed E-state index contributed by atoms with van der Waals surface area (Å²) < 4.78 is 27.1. The molecule has 1 aromatic carbocycles. The Morgan fingerprint density at radius 3 is 2.56 bits per heavy atom. The summed E-state index contributed by atoms with van der Waals surface area (Å²) in [6.45, 7) is 3.84. The molecule has 0 amide bonds. The third-order valence-corrected chi connectivity index (χ3v) is 2.58. The summed E-state index contributed by atoms with van der Waals surface area (Å²) in [6.07, 6.45) is 0.818. The molecular formula is C11H14F2N2S. The molecule has 0 bridgehead atoms. The summed E-state index contributed by atoms with van der Waals surface area (Å²) in [6, 6.07) is 2.90. The molecule has 3 N–H and O–H groups in total. The molecule has 0 radical (unpaired) electrons. The minimum Gasteiger partial charge on any atom is -0.389 e. The van der Waals surface area contributed by atoms with Gasteiger partial charge in [-0.15, -0.1) is 0 Å². The molecule has 0 spiro atoms. The van der Waals surface area contributed by atoms with Gasteiger partial charge in [-0.1, -0.05) is 19.1 Å². The first-order valence-electron chi connectivity index (χ1n) is 5.01. The van der Waals surface area contributed by atoms with Gasteiger partial charge in [-0.2, -0.15) is 0 Å². The van der Waals surface area contributed by atoms with Gasteiger partial charge in [-0.05, 0) is 25.5 Å². The average molecular weight is 244 g/mol. The third-order valence-electron chi connectivity index (χ3n) is 2.36. The van der Waals surface area contributed by atoms with Gasteiger partial charge < -0.3 is 11.1 Å². The van der Waals surface area contributed by atoms with Crippen LogP contribution in [-0.2, 0) is 0 Å². The maximum Gasteiger partial charge on any atom is 0.182 e. The first-order chi connectivity index (χ1) is 7.47. The van der Waals surface area contributed by atoms with Crippen molar-refractivity contribution in [1.29, 1.82) is 0 Å². The lowest BCUT2D eigenvalue weighted by Crippen LogP contribution is -2.17. The predicted octanol–water partition coefficient (Wildman–Crippen LogP) is 2.81. The topological polar surface area (TPSA) is 38.0 Å². The van der Waals surface area contributed by atoms with Crippen LogP contribution in [0.1, 0.15) is 25.8 Å². The summed E-state index contributed by atoms with van der Waals surface area (Å²) >= 11 is 4.61. The fourth-order valence-electron chi connectivity index (χ4n) is 1.22. The van der Waals surface area contributed by atoms with Gasteiger partial charge in [0.25, 0.3) is 0 Å². The minimum atomic E-state index is -0.999. The van der Waals surface area contributed by atoms with E-state index in [0.717, 1.165) is 6.42 Å². The predicted molar refractivity (Wildman–Crippen MR) is 65.6 cm³/mol. The number of benzene rings is 1. The molecule has 0 saturated heterocycles. The Morgan fingerprint density at radius 1 is 1.44 bits per heavy atom. The van der Waals surface area contributed by atoms with Crippen LogP contribution in [0.2, 0.25) is 0 Å². The molecular weight excluding hydrogens is 230 g/mol. The maximum absolute atomic E-state index is 13.6. The molecule has 88 valence electrons. The molecule has 1 rings (SSSR count). The number of rotatable bonds is 4. The van der Waals surface area contributed by atoms with E-state index in [4.69, 9.17) is 5.73 Å². The standard InChI is InChI=1S/C11H14F2N2S/c1-3-6(2)15-8-5-4-7(11(14)16)9(12)10(8)13/h4-6,15H,3H2,1-2H3,(H2,14,16). The van der Waals surface area contributed by atoms with Gasteiger partial charge in [-0.25, -0.2) is 8.78 Å². The molecule has 0 aliphatic rings. The average Bonchev–Trinajstić information content (AvgIpc) is 2.24. The van der Waals surface area contributed by atoms with E-state index in [0.29, 0.717) is 0 Å². The van der Waals surface area contributed by atoms with Crippen LogP contribution < -0.4 is 11.1 Å². The molecule has 2 nitrogen and oxygen atoms in total. The van der Waals surface area contributed by atoms with Crippen molar-refractivity contribution in [2.24, 2.45) is 5.73 Å². The maximum atomic E-state index is 13.6. The largest absolute Gasteiger partial charge is 0.389 e. The van der Waals surface area contributed by atoms with Crippen molar-refractivity contribution in [3.05, 3.63) is 29.3 Å². The van der Waals surface area contributed by atoms with E-state index >= 15 is 0 Å². The number of hydrogen-bond acceptors (Lipinski definition) is 2. The fraction of sp³-hybridized carbons (Fsp3) is 0.364. The zero-order chi connectivity index (χ0) is 12.3. The van der Waals surface area contributed by atoms with Crippen molar-refractivity contribution in [2.45, 2.75) is 26.3 Å². The van der Waals surface area contributed by atoms with E-state index in [9.17, 15) is 8.78 Å². The zero-order valence-electron chi connectivity index (χ0n) is 9.18. The van der Waals surface area contributed by atoms with Crippen LogP contribution in [0.15, 0.2) is 12.1 Å². The van der Waals surface area contributed by atoms with Crippen molar-refractivity contribution in [1.82, 2.24) is 0 Å². The molecule has 1 aromatic rings.